The van der Waals surface area contributed by atoms with Crippen molar-refractivity contribution in [3.63, 3.8) is 0 Å². The van der Waals surface area contributed by atoms with Crippen molar-refractivity contribution in [2.45, 2.75) is 26.4 Å². The van der Waals surface area contributed by atoms with Crippen molar-refractivity contribution in [1.29, 1.82) is 0 Å². The average molecular weight is 280 g/mol. The molecule has 0 radical (unpaired) electrons. The molecule has 2 N–H and O–H groups in total. The molecule has 0 aliphatic heterocycles. The first-order chi connectivity index (χ1) is 9.38. The molecule has 0 bridgehead atoms. The van der Waals surface area contributed by atoms with Gasteiger partial charge in [-0.2, -0.15) is 5.10 Å². The maximum atomic E-state index is 11.6. The Labute approximate surface area is 120 Å². The summed E-state index contributed by atoms with van der Waals surface area (Å²) in [6, 6.07) is 2.15. The molecule has 1 amide bonds. The van der Waals surface area contributed by atoms with E-state index in [1.54, 1.807) is 23.7 Å². The Morgan fingerprint density at radius 1 is 1.50 bits per heavy atom. The number of nitrogens with zero attached hydrogens (tertiary/aromatic N) is 4. The lowest BCUT2D eigenvalue weighted by Gasteiger charge is -2.16. The molecule has 0 aliphatic carbocycles. The molecule has 1 aromatic heterocycles. The second-order valence-electron chi connectivity index (χ2n) is 5.09. The van der Waals surface area contributed by atoms with Crippen LogP contribution in [0.2, 0.25) is 0 Å². The molecule has 0 atom stereocenters. The standard InChI is InChI=1S/C13H24N6O/c1-10(2)16-13(15-9-12(20)18(3)4)14-8-11-6-7-19(5)17-11/h6-7,10H,8-9H2,1-5H3,(H2,14,15,16). The number of carbonyl (C=O) groups excluding carboxylic acids is 1. The van der Waals surface area contributed by atoms with E-state index in [-0.39, 0.29) is 18.5 Å². The van der Waals surface area contributed by atoms with E-state index in [2.05, 4.69) is 20.7 Å². The third-order valence-electron chi connectivity index (χ3n) is 2.50. The molecule has 112 valence electrons. The van der Waals surface area contributed by atoms with Gasteiger partial charge in [-0.3, -0.25) is 9.48 Å². The van der Waals surface area contributed by atoms with Crippen LogP contribution in [0.25, 0.3) is 0 Å². The molecule has 0 aliphatic rings. The average Bonchev–Trinajstić information content (AvgIpc) is 2.77. The van der Waals surface area contributed by atoms with Gasteiger partial charge in [-0.1, -0.05) is 0 Å². The predicted molar refractivity (Wildman–Crippen MR) is 79.3 cm³/mol. The van der Waals surface area contributed by atoms with Crippen molar-refractivity contribution < 1.29 is 4.79 Å². The zero-order chi connectivity index (χ0) is 15.1. The summed E-state index contributed by atoms with van der Waals surface area (Å²) < 4.78 is 1.74. The lowest BCUT2D eigenvalue weighted by molar-refractivity contribution is -0.127. The summed E-state index contributed by atoms with van der Waals surface area (Å²) in [5, 5.41) is 10.5. The van der Waals surface area contributed by atoms with Gasteiger partial charge in [0.05, 0.1) is 18.8 Å². The SMILES string of the molecule is CC(C)NC(=NCc1ccn(C)n1)NCC(=O)N(C)C. The van der Waals surface area contributed by atoms with Gasteiger partial charge in [-0.25, -0.2) is 4.99 Å². The number of hydrogen-bond donors (Lipinski definition) is 2. The highest BCUT2D eigenvalue weighted by Gasteiger charge is 2.07. The van der Waals surface area contributed by atoms with Crippen LogP contribution in [0, 0.1) is 0 Å². The summed E-state index contributed by atoms with van der Waals surface area (Å²) in [5.74, 6) is 0.613. The second-order valence-corrected chi connectivity index (χ2v) is 5.09. The number of aromatic nitrogens is 2. The normalized spacial score (nSPS) is 11.6. The Kier molecular flexibility index (Phi) is 6.02. The van der Waals surface area contributed by atoms with Crippen LogP contribution in [0.5, 0.6) is 0 Å². The van der Waals surface area contributed by atoms with Crippen molar-refractivity contribution in [2.75, 3.05) is 20.6 Å². The molecule has 0 unspecified atom stereocenters. The molecule has 7 heteroatoms. The van der Waals surface area contributed by atoms with E-state index in [4.69, 9.17) is 0 Å². The summed E-state index contributed by atoms with van der Waals surface area (Å²) >= 11 is 0. The minimum Gasteiger partial charge on any atom is -0.354 e. The zero-order valence-corrected chi connectivity index (χ0v) is 12.8. The molecule has 1 aromatic rings. The van der Waals surface area contributed by atoms with Gasteiger partial charge >= 0.3 is 0 Å². The number of carbonyl (C=O) groups is 1. The van der Waals surface area contributed by atoms with E-state index < -0.39 is 0 Å². The van der Waals surface area contributed by atoms with Crippen LogP contribution in [-0.4, -0.2) is 53.2 Å². The van der Waals surface area contributed by atoms with Crippen molar-refractivity contribution in [1.82, 2.24) is 25.3 Å². The molecular weight excluding hydrogens is 256 g/mol. The minimum atomic E-state index is 0.00101. The van der Waals surface area contributed by atoms with E-state index in [0.29, 0.717) is 12.5 Å². The van der Waals surface area contributed by atoms with E-state index >= 15 is 0 Å². The van der Waals surface area contributed by atoms with Gasteiger partial charge in [-0.05, 0) is 19.9 Å². The molecule has 0 saturated heterocycles. The third kappa shape index (κ3) is 5.73. The predicted octanol–water partition coefficient (Wildman–Crippen LogP) is -0.0481. The van der Waals surface area contributed by atoms with Gasteiger partial charge in [-0.15, -0.1) is 0 Å². The van der Waals surface area contributed by atoms with E-state index in [1.807, 2.05) is 33.2 Å². The molecule has 0 saturated carbocycles. The molecule has 7 nitrogen and oxygen atoms in total. The zero-order valence-electron chi connectivity index (χ0n) is 12.8. The first-order valence-corrected chi connectivity index (χ1v) is 6.62. The van der Waals surface area contributed by atoms with Gasteiger partial charge in [0.1, 0.15) is 0 Å². The summed E-state index contributed by atoms with van der Waals surface area (Å²) in [6.07, 6.45) is 1.88. The summed E-state index contributed by atoms with van der Waals surface area (Å²) in [6.45, 7) is 4.73. The highest BCUT2D eigenvalue weighted by atomic mass is 16.2. The monoisotopic (exact) mass is 280 g/mol. The Bertz CT molecular complexity index is 463. The first-order valence-electron chi connectivity index (χ1n) is 6.62. The van der Waals surface area contributed by atoms with Gasteiger partial charge in [0.15, 0.2) is 5.96 Å². The Morgan fingerprint density at radius 3 is 2.70 bits per heavy atom. The number of nitrogens with one attached hydrogen (secondary N) is 2. The van der Waals surface area contributed by atoms with Gasteiger partial charge in [0, 0.05) is 33.4 Å². The maximum absolute atomic E-state index is 11.6. The van der Waals surface area contributed by atoms with Crippen molar-refractivity contribution >= 4 is 11.9 Å². The van der Waals surface area contributed by atoms with E-state index in [1.165, 1.54) is 0 Å². The summed E-state index contributed by atoms with van der Waals surface area (Å²) in [7, 11) is 5.32. The second kappa shape index (κ2) is 7.52. The maximum Gasteiger partial charge on any atom is 0.241 e. The lowest BCUT2D eigenvalue weighted by Crippen LogP contribution is -2.45. The highest BCUT2D eigenvalue weighted by Crippen LogP contribution is 1.96. The topological polar surface area (TPSA) is 74.5 Å². The number of hydrogen-bond acceptors (Lipinski definition) is 3. The van der Waals surface area contributed by atoms with Crippen LogP contribution in [0.15, 0.2) is 17.3 Å². The number of amides is 1. The van der Waals surface area contributed by atoms with Crippen LogP contribution >= 0.6 is 0 Å². The van der Waals surface area contributed by atoms with Crippen LogP contribution in [0.4, 0.5) is 0 Å². The van der Waals surface area contributed by atoms with Gasteiger partial charge < -0.3 is 15.5 Å². The Balaban J connectivity index is 2.60. The van der Waals surface area contributed by atoms with Gasteiger partial charge in [0.2, 0.25) is 5.91 Å². The van der Waals surface area contributed by atoms with E-state index in [0.717, 1.165) is 5.69 Å². The Morgan fingerprint density at radius 2 is 2.20 bits per heavy atom. The minimum absolute atomic E-state index is 0.00101. The Hall–Kier alpha value is -2.05. The fraction of sp³-hybridized carbons (Fsp3) is 0.615. The summed E-state index contributed by atoms with van der Waals surface area (Å²) in [4.78, 5) is 17.5. The van der Waals surface area contributed by atoms with Crippen LogP contribution in [0.3, 0.4) is 0 Å². The number of likely N-dealkylation sites (N-methyl/N-ethyl adjacent to an activating group) is 1. The van der Waals surface area contributed by atoms with E-state index in [9.17, 15) is 4.79 Å². The highest BCUT2D eigenvalue weighted by molar-refractivity contribution is 5.86. The van der Waals surface area contributed by atoms with Gasteiger partial charge in [0.25, 0.3) is 0 Å². The largest absolute Gasteiger partial charge is 0.354 e. The molecule has 1 rings (SSSR count). The smallest absolute Gasteiger partial charge is 0.241 e. The first kappa shape index (κ1) is 16.0. The number of aryl methyl sites for hydroxylation is 1. The molecule has 1 heterocycles. The van der Waals surface area contributed by atoms with Crippen LogP contribution < -0.4 is 10.6 Å². The van der Waals surface area contributed by atoms with Crippen molar-refractivity contribution in [3.05, 3.63) is 18.0 Å². The molecule has 20 heavy (non-hydrogen) atoms. The lowest BCUT2D eigenvalue weighted by atomic mass is 10.4. The molecule has 0 spiro atoms. The fourth-order valence-electron chi connectivity index (χ4n) is 1.45. The fourth-order valence-corrected chi connectivity index (χ4v) is 1.45. The summed E-state index contributed by atoms with van der Waals surface area (Å²) in [5.41, 5.74) is 0.885. The van der Waals surface area contributed by atoms with Crippen molar-refractivity contribution in [2.24, 2.45) is 12.0 Å². The number of rotatable bonds is 5. The molecule has 0 fully saturated rings. The van der Waals surface area contributed by atoms with Crippen LogP contribution in [-0.2, 0) is 18.4 Å². The van der Waals surface area contributed by atoms with Crippen LogP contribution in [0.1, 0.15) is 19.5 Å². The molecular formula is C13H24N6O. The third-order valence-corrected chi connectivity index (χ3v) is 2.50. The quantitative estimate of drug-likeness (QED) is 0.586. The molecule has 0 aromatic carbocycles. The number of guanidine groups is 1. The van der Waals surface area contributed by atoms with Crippen molar-refractivity contribution in [3.8, 4) is 0 Å². The number of aliphatic imine (C=N–C) groups is 1.